The number of rotatable bonds is 6. The van der Waals surface area contributed by atoms with Crippen molar-refractivity contribution < 1.29 is 23.9 Å². The van der Waals surface area contributed by atoms with Crippen molar-refractivity contribution >= 4 is 46.5 Å². The van der Waals surface area contributed by atoms with E-state index in [2.05, 4.69) is 6.07 Å². The van der Waals surface area contributed by atoms with Crippen molar-refractivity contribution in [2.75, 3.05) is 26.8 Å². The quantitative estimate of drug-likeness (QED) is 0.564. The van der Waals surface area contributed by atoms with Gasteiger partial charge in [0.05, 0.1) is 23.6 Å². The lowest BCUT2D eigenvalue weighted by Gasteiger charge is -2.29. The monoisotopic (exact) mass is 486 g/mol. The molecule has 0 radical (unpaired) electrons. The molecule has 0 N–H and O–H groups in total. The Morgan fingerprint density at radius 3 is 2.67 bits per heavy atom. The fraction of sp³-hybridized carbons (Fsp3) is 0.292. The first-order valence-electron chi connectivity index (χ1n) is 10.5. The first-order chi connectivity index (χ1) is 15.9. The maximum atomic E-state index is 12.9. The van der Waals surface area contributed by atoms with E-state index in [-0.39, 0.29) is 17.4 Å². The molecular formula is C24H23ClN2O5S. The van der Waals surface area contributed by atoms with Gasteiger partial charge in [0, 0.05) is 19.2 Å². The van der Waals surface area contributed by atoms with Crippen LogP contribution < -0.4 is 9.47 Å². The van der Waals surface area contributed by atoms with Crippen molar-refractivity contribution in [1.82, 2.24) is 9.80 Å². The van der Waals surface area contributed by atoms with Gasteiger partial charge in [-0.2, -0.15) is 0 Å². The van der Waals surface area contributed by atoms with Crippen LogP contribution in [0.4, 0.5) is 4.79 Å². The van der Waals surface area contributed by atoms with Crippen molar-refractivity contribution in [3.8, 4) is 11.5 Å². The Hall–Kier alpha value is -2.97. The maximum absolute atomic E-state index is 12.9. The number of carbonyl (C=O) groups is 3. The molecule has 2 aromatic carbocycles. The smallest absolute Gasteiger partial charge is 0.294 e. The van der Waals surface area contributed by atoms with Crippen LogP contribution in [-0.4, -0.2) is 53.7 Å². The second-order valence-corrected chi connectivity index (χ2v) is 8.96. The summed E-state index contributed by atoms with van der Waals surface area (Å²) in [5, 5.41) is -0.125. The van der Waals surface area contributed by atoms with Gasteiger partial charge >= 0.3 is 0 Å². The van der Waals surface area contributed by atoms with Gasteiger partial charge in [0.2, 0.25) is 5.91 Å². The van der Waals surface area contributed by atoms with Crippen LogP contribution in [0.1, 0.15) is 23.6 Å². The molecule has 2 aliphatic heterocycles. The summed E-state index contributed by atoms with van der Waals surface area (Å²) in [6.45, 7) is 3.04. The number of hydrogen-bond donors (Lipinski definition) is 0. The van der Waals surface area contributed by atoms with E-state index >= 15 is 0 Å². The van der Waals surface area contributed by atoms with E-state index in [1.165, 1.54) is 18.7 Å². The highest BCUT2D eigenvalue weighted by molar-refractivity contribution is 8.18. The number of amides is 3. The molecule has 2 heterocycles. The fourth-order valence-corrected chi connectivity index (χ4v) is 4.85. The predicted octanol–water partition coefficient (Wildman–Crippen LogP) is 4.37. The van der Waals surface area contributed by atoms with E-state index in [4.69, 9.17) is 21.1 Å². The molecule has 172 valence electrons. The van der Waals surface area contributed by atoms with Crippen LogP contribution in [-0.2, 0) is 22.6 Å². The highest BCUT2D eigenvalue weighted by Gasteiger charge is 2.37. The number of thioether (sulfide) groups is 1. The second-order valence-electron chi connectivity index (χ2n) is 7.56. The highest BCUT2D eigenvalue weighted by atomic mass is 35.5. The number of carbonyl (C=O) groups excluding carboxylic acids is 3. The van der Waals surface area contributed by atoms with Gasteiger partial charge in [-0.1, -0.05) is 35.9 Å². The minimum Gasteiger partial charge on any atom is -0.493 e. The average molecular weight is 487 g/mol. The Kier molecular flexibility index (Phi) is 6.95. The van der Waals surface area contributed by atoms with Gasteiger partial charge < -0.3 is 14.4 Å². The van der Waals surface area contributed by atoms with Gasteiger partial charge in [0.25, 0.3) is 11.1 Å². The molecule has 33 heavy (non-hydrogen) atoms. The Morgan fingerprint density at radius 1 is 1.18 bits per heavy atom. The standard InChI is InChI=1S/C24H23ClN2O5S/c1-3-32-20-12-18(25)17(10-19(20)31-2)11-21-23(29)27(24(30)33-21)14-22(28)26-9-8-15-6-4-5-7-16(15)13-26/h4-7,10-12H,3,8-9,13-14H2,1-2H3. The van der Waals surface area contributed by atoms with Crippen LogP contribution in [0.5, 0.6) is 11.5 Å². The molecule has 0 bridgehead atoms. The molecule has 0 spiro atoms. The lowest BCUT2D eigenvalue weighted by Crippen LogP contribution is -2.44. The summed E-state index contributed by atoms with van der Waals surface area (Å²) in [5.41, 5.74) is 2.82. The SMILES string of the molecule is CCOc1cc(Cl)c(C=C2SC(=O)N(CC(=O)N3CCc4ccccc4C3)C2=O)cc1OC. The first kappa shape index (κ1) is 23.2. The van der Waals surface area contributed by atoms with Crippen LogP contribution in [0.2, 0.25) is 5.02 Å². The zero-order chi connectivity index (χ0) is 23.5. The predicted molar refractivity (Wildman–Crippen MR) is 127 cm³/mol. The molecule has 4 rings (SSSR count). The molecule has 0 aliphatic carbocycles. The maximum Gasteiger partial charge on any atom is 0.294 e. The molecule has 1 saturated heterocycles. The number of nitrogens with zero attached hydrogens (tertiary/aromatic N) is 2. The van der Waals surface area contributed by atoms with Crippen molar-refractivity contribution in [3.63, 3.8) is 0 Å². The number of hydrogen-bond acceptors (Lipinski definition) is 6. The Morgan fingerprint density at radius 2 is 1.94 bits per heavy atom. The van der Waals surface area contributed by atoms with Gasteiger partial charge in [0.1, 0.15) is 6.54 Å². The number of imide groups is 1. The minimum absolute atomic E-state index is 0.199. The first-order valence-corrected chi connectivity index (χ1v) is 11.7. The van der Waals surface area contributed by atoms with Gasteiger partial charge in [0.15, 0.2) is 11.5 Å². The topological polar surface area (TPSA) is 76.2 Å². The number of benzene rings is 2. The molecule has 0 atom stereocenters. The molecule has 0 saturated carbocycles. The van der Waals surface area contributed by atoms with E-state index in [1.807, 2.05) is 25.1 Å². The average Bonchev–Trinajstić information content (AvgIpc) is 3.07. The van der Waals surface area contributed by atoms with Crippen LogP contribution in [0, 0.1) is 0 Å². The fourth-order valence-electron chi connectivity index (χ4n) is 3.81. The zero-order valence-electron chi connectivity index (χ0n) is 18.3. The normalized spacial score (nSPS) is 16.9. The third-order valence-corrected chi connectivity index (χ3v) is 6.75. The molecule has 1 fully saturated rings. The van der Waals surface area contributed by atoms with Gasteiger partial charge in [-0.3, -0.25) is 19.3 Å². The largest absolute Gasteiger partial charge is 0.493 e. The molecular weight excluding hydrogens is 464 g/mol. The second kappa shape index (κ2) is 9.89. The molecule has 7 nitrogen and oxygen atoms in total. The lowest BCUT2D eigenvalue weighted by molar-refractivity contribution is -0.136. The Labute approximate surface area is 201 Å². The minimum atomic E-state index is -0.514. The van der Waals surface area contributed by atoms with Crippen molar-refractivity contribution in [2.24, 2.45) is 0 Å². The summed E-state index contributed by atoms with van der Waals surface area (Å²) in [5.74, 6) is 0.185. The molecule has 0 aromatic heterocycles. The summed E-state index contributed by atoms with van der Waals surface area (Å²) < 4.78 is 10.8. The Bertz CT molecular complexity index is 1150. The molecule has 0 unspecified atom stereocenters. The number of methoxy groups -OCH3 is 1. The molecule has 3 amide bonds. The van der Waals surface area contributed by atoms with Crippen molar-refractivity contribution in [2.45, 2.75) is 19.9 Å². The number of halogens is 1. The van der Waals surface area contributed by atoms with E-state index < -0.39 is 11.1 Å². The van der Waals surface area contributed by atoms with Crippen LogP contribution in [0.25, 0.3) is 6.08 Å². The summed E-state index contributed by atoms with van der Waals surface area (Å²) in [4.78, 5) is 41.2. The highest BCUT2D eigenvalue weighted by Crippen LogP contribution is 2.38. The molecule has 2 aliphatic rings. The van der Waals surface area contributed by atoms with Gasteiger partial charge in [-0.15, -0.1) is 0 Å². The van der Waals surface area contributed by atoms with E-state index in [9.17, 15) is 14.4 Å². The zero-order valence-corrected chi connectivity index (χ0v) is 19.9. The van der Waals surface area contributed by atoms with Crippen molar-refractivity contribution in [1.29, 1.82) is 0 Å². The van der Waals surface area contributed by atoms with Crippen molar-refractivity contribution in [3.05, 3.63) is 63.0 Å². The summed E-state index contributed by atoms with van der Waals surface area (Å²) >= 11 is 7.15. The van der Waals surface area contributed by atoms with Crippen LogP contribution in [0.3, 0.4) is 0 Å². The third kappa shape index (κ3) is 4.86. The third-order valence-electron chi connectivity index (χ3n) is 5.52. The van der Waals surface area contributed by atoms with E-state index in [0.29, 0.717) is 41.8 Å². The van der Waals surface area contributed by atoms with Gasteiger partial charge in [-0.25, -0.2) is 0 Å². The van der Waals surface area contributed by atoms with Crippen LogP contribution >= 0.6 is 23.4 Å². The van der Waals surface area contributed by atoms with E-state index in [1.54, 1.807) is 17.0 Å². The molecule has 2 aromatic rings. The summed E-state index contributed by atoms with van der Waals surface area (Å²) in [6.07, 6.45) is 2.29. The van der Waals surface area contributed by atoms with Crippen LogP contribution in [0.15, 0.2) is 41.3 Å². The Balaban J connectivity index is 1.49. The number of ether oxygens (including phenoxy) is 2. The van der Waals surface area contributed by atoms with E-state index in [0.717, 1.165) is 28.6 Å². The summed E-state index contributed by atoms with van der Waals surface area (Å²) in [7, 11) is 1.51. The lowest BCUT2D eigenvalue weighted by atomic mass is 10.00. The molecule has 9 heteroatoms. The number of fused-ring (bicyclic) bond motifs is 1. The summed E-state index contributed by atoms with van der Waals surface area (Å²) in [6, 6.07) is 11.2. The van der Waals surface area contributed by atoms with Gasteiger partial charge in [-0.05, 0) is 53.9 Å².